The van der Waals surface area contributed by atoms with Crippen LogP contribution >= 0.6 is 11.6 Å². The fraction of sp³-hybridized carbons (Fsp3) is 0.231. The second-order valence-corrected chi connectivity index (χ2v) is 4.67. The lowest BCUT2D eigenvalue weighted by Crippen LogP contribution is -2.18. The highest BCUT2D eigenvalue weighted by Gasteiger charge is 2.30. The Morgan fingerprint density at radius 2 is 1.88 bits per heavy atom. The summed E-state index contributed by atoms with van der Waals surface area (Å²) in [7, 11) is 0. The molecule has 0 radical (unpaired) electrons. The average molecular weight is 246 g/mol. The largest absolute Gasteiger partial charge is 0.346 e. The summed E-state index contributed by atoms with van der Waals surface area (Å²) >= 11 is 6.38. The van der Waals surface area contributed by atoms with Crippen LogP contribution in [-0.2, 0) is 6.42 Å². The van der Waals surface area contributed by atoms with Gasteiger partial charge in [0.2, 0.25) is 5.95 Å². The van der Waals surface area contributed by atoms with Gasteiger partial charge in [0.25, 0.3) is 0 Å². The third-order valence-corrected chi connectivity index (χ3v) is 3.42. The van der Waals surface area contributed by atoms with E-state index in [0.717, 1.165) is 6.42 Å². The maximum atomic E-state index is 6.38. The molecule has 1 aliphatic carbocycles. The number of nitrogens with one attached hydrogen (secondary N) is 1. The van der Waals surface area contributed by atoms with E-state index in [9.17, 15) is 0 Å². The Balaban J connectivity index is 1.89. The minimum atomic E-state index is 0.0520. The van der Waals surface area contributed by atoms with Gasteiger partial charge in [-0.3, -0.25) is 0 Å². The fourth-order valence-corrected chi connectivity index (χ4v) is 2.59. The number of alkyl halides is 1. The number of nitrogens with zero attached hydrogens (tertiary/aromatic N) is 2. The van der Waals surface area contributed by atoms with Crippen LogP contribution in [0, 0.1) is 0 Å². The van der Waals surface area contributed by atoms with E-state index in [0.29, 0.717) is 5.95 Å². The molecule has 2 unspecified atom stereocenters. The highest BCUT2D eigenvalue weighted by molar-refractivity contribution is 6.21. The predicted molar refractivity (Wildman–Crippen MR) is 68.2 cm³/mol. The Labute approximate surface area is 105 Å². The van der Waals surface area contributed by atoms with Gasteiger partial charge in [-0.25, -0.2) is 9.97 Å². The molecule has 0 saturated heterocycles. The second-order valence-electron chi connectivity index (χ2n) is 4.11. The topological polar surface area (TPSA) is 37.8 Å². The van der Waals surface area contributed by atoms with Crippen molar-refractivity contribution in [1.29, 1.82) is 0 Å². The van der Waals surface area contributed by atoms with E-state index in [-0.39, 0.29) is 11.4 Å². The van der Waals surface area contributed by atoms with Gasteiger partial charge in [0.1, 0.15) is 0 Å². The van der Waals surface area contributed by atoms with Crippen LogP contribution in [0.3, 0.4) is 0 Å². The first kappa shape index (κ1) is 10.5. The summed E-state index contributed by atoms with van der Waals surface area (Å²) in [5.41, 5.74) is 2.56. The summed E-state index contributed by atoms with van der Waals surface area (Å²) in [5, 5.41) is 3.34. The standard InChI is InChI=1S/C13H12ClN3/c14-11-8-9-4-1-2-5-10(9)12(11)17-13-15-6-3-7-16-13/h1-7,11-12H,8H2,(H,15,16,17). The van der Waals surface area contributed by atoms with Crippen molar-refractivity contribution in [2.45, 2.75) is 17.8 Å². The molecule has 4 heteroatoms. The van der Waals surface area contributed by atoms with Crippen LogP contribution < -0.4 is 5.32 Å². The van der Waals surface area contributed by atoms with Crippen LogP contribution in [0.2, 0.25) is 0 Å². The van der Waals surface area contributed by atoms with Crippen LogP contribution in [-0.4, -0.2) is 15.3 Å². The van der Waals surface area contributed by atoms with Gasteiger partial charge in [-0.1, -0.05) is 24.3 Å². The van der Waals surface area contributed by atoms with Gasteiger partial charge in [-0.05, 0) is 23.6 Å². The average Bonchev–Trinajstić information content (AvgIpc) is 2.68. The number of fused-ring (bicyclic) bond motifs is 1. The van der Waals surface area contributed by atoms with Crippen molar-refractivity contribution in [2.75, 3.05) is 5.32 Å². The summed E-state index contributed by atoms with van der Waals surface area (Å²) in [6, 6.07) is 10.2. The molecule has 0 aliphatic heterocycles. The minimum absolute atomic E-state index is 0.0520. The molecule has 2 atom stereocenters. The van der Waals surface area contributed by atoms with Gasteiger partial charge in [-0.2, -0.15) is 0 Å². The number of hydrogen-bond acceptors (Lipinski definition) is 3. The first-order chi connectivity index (χ1) is 8.34. The molecular weight excluding hydrogens is 234 g/mol. The quantitative estimate of drug-likeness (QED) is 0.827. The van der Waals surface area contributed by atoms with Crippen molar-refractivity contribution in [3.63, 3.8) is 0 Å². The van der Waals surface area contributed by atoms with Gasteiger partial charge in [-0.15, -0.1) is 11.6 Å². The van der Waals surface area contributed by atoms with Crippen LogP contribution in [0.1, 0.15) is 17.2 Å². The number of rotatable bonds is 2. The summed E-state index contributed by atoms with van der Waals surface area (Å²) < 4.78 is 0. The van der Waals surface area contributed by atoms with Crippen LogP contribution in [0.5, 0.6) is 0 Å². The Morgan fingerprint density at radius 3 is 2.71 bits per heavy atom. The Morgan fingerprint density at radius 1 is 1.12 bits per heavy atom. The van der Waals surface area contributed by atoms with E-state index in [1.165, 1.54) is 11.1 Å². The Bertz CT molecular complexity index is 515. The third-order valence-electron chi connectivity index (χ3n) is 3.02. The van der Waals surface area contributed by atoms with Gasteiger partial charge < -0.3 is 5.32 Å². The van der Waals surface area contributed by atoms with Crippen molar-refractivity contribution in [3.05, 3.63) is 53.9 Å². The maximum Gasteiger partial charge on any atom is 0.223 e. The molecule has 1 aliphatic rings. The molecule has 0 fully saturated rings. The van der Waals surface area contributed by atoms with Gasteiger partial charge in [0, 0.05) is 12.4 Å². The zero-order chi connectivity index (χ0) is 11.7. The van der Waals surface area contributed by atoms with E-state index >= 15 is 0 Å². The lowest BCUT2D eigenvalue weighted by molar-refractivity contribution is 0.760. The molecule has 3 rings (SSSR count). The highest BCUT2D eigenvalue weighted by atomic mass is 35.5. The monoisotopic (exact) mass is 245 g/mol. The van der Waals surface area contributed by atoms with Gasteiger partial charge in [0.15, 0.2) is 0 Å². The van der Waals surface area contributed by atoms with Crippen LogP contribution in [0.25, 0.3) is 0 Å². The van der Waals surface area contributed by atoms with Crippen molar-refractivity contribution in [1.82, 2.24) is 9.97 Å². The number of benzene rings is 1. The number of halogens is 1. The van der Waals surface area contributed by atoms with E-state index in [1.54, 1.807) is 18.5 Å². The van der Waals surface area contributed by atoms with E-state index in [1.807, 2.05) is 12.1 Å². The zero-order valence-electron chi connectivity index (χ0n) is 9.18. The third kappa shape index (κ3) is 1.98. The molecule has 0 amide bonds. The molecule has 0 saturated carbocycles. The summed E-state index contributed by atoms with van der Waals surface area (Å²) in [4.78, 5) is 8.34. The molecule has 2 aromatic rings. The van der Waals surface area contributed by atoms with Gasteiger partial charge in [0.05, 0.1) is 11.4 Å². The van der Waals surface area contributed by atoms with Crippen molar-refractivity contribution >= 4 is 17.5 Å². The number of hydrogen-bond donors (Lipinski definition) is 1. The Hall–Kier alpha value is -1.61. The van der Waals surface area contributed by atoms with Crippen molar-refractivity contribution in [2.24, 2.45) is 0 Å². The lowest BCUT2D eigenvalue weighted by Gasteiger charge is -2.16. The molecule has 1 aromatic carbocycles. The van der Waals surface area contributed by atoms with E-state index < -0.39 is 0 Å². The molecule has 0 spiro atoms. The first-order valence-corrected chi connectivity index (χ1v) is 6.03. The number of anilines is 1. The van der Waals surface area contributed by atoms with Crippen molar-refractivity contribution in [3.8, 4) is 0 Å². The normalized spacial score (nSPS) is 22.2. The number of aromatic nitrogens is 2. The molecule has 1 aromatic heterocycles. The van der Waals surface area contributed by atoms with Crippen LogP contribution in [0.15, 0.2) is 42.7 Å². The molecule has 86 valence electrons. The highest BCUT2D eigenvalue weighted by Crippen LogP contribution is 2.36. The molecule has 1 N–H and O–H groups in total. The van der Waals surface area contributed by atoms with E-state index in [2.05, 4.69) is 27.4 Å². The summed E-state index contributed by atoms with van der Waals surface area (Å²) in [6.07, 6.45) is 4.33. The minimum Gasteiger partial charge on any atom is -0.346 e. The molecule has 0 bridgehead atoms. The fourth-order valence-electron chi connectivity index (χ4n) is 2.23. The second kappa shape index (κ2) is 4.34. The molecule has 3 nitrogen and oxygen atoms in total. The first-order valence-electron chi connectivity index (χ1n) is 5.60. The van der Waals surface area contributed by atoms with Crippen LogP contribution in [0.4, 0.5) is 5.95 Å². The summed E-state index contributed by atoms with van der Waals surface area (Å²) in [5.74, 6) is 0.625. The van der Waals surface area contributed by atoms with Crippen molar-refractivity contribution < 1.29 is 0 Å². The molecule has 17 heavy (non-hydrogen) atoms. The molecular formula is C13H12ClN3. The van der Waals surface area contributed by atoms with Gasteiger partial charge >= 0.3 is 0 Å². The SMILES string of the molecule is ClC1Cc2ccccc2C1Nc1ncccn1. The molecule has 1 heterocycles. The predicted octanol–water partition coefficient (Wildman–Crippen LogP) is 2.79. The maximum absolute atomic E-state index is 6.38. The lowest BCUT2D eigenvalue weighted by atomic mass is 10.1. The zero-order valence-corrected chi connectivity index (χ0v) is 9.93. The Kier molecular flexibility index (Phi) is 2.69. The smallest absolute Gasteiger partial charge is 0.223 e. The van der Waals surface area contributed by atoms with E-state index in [4.69, 9.17) is 11.6 Å². The summed E-state index contributed by atoms with van der Waals surface area (Å²) in [6.45, 7) is 0.